The van der Waals surface area contributed by atoms with Gasteiger partial charge in [-0.25, -0.2) is 0 Å². The Morgan fingerprint density at radius 3 is 2.89 bits per heavy atom. The van der Waals surface area contributed by atoms with Crippen molar-refractivity contribution in [2.75, 3.05) is 20.2 Å². The van der Waals surface area contributed by atoms with Gasteiger partial charge in [0.2, 0.25) is 0 Å². The highest BCUT2D eigenvalue weighted by atomic mass is 35.5. The number of methoxy groups -OCH3 is 1. The molecule has 1 unspecified atom stereocenters. The van der Waals surface area contributed by atoms with Crippen molar-refractivity contribution in [3.05, 3.63) is 23.2 Å². The lowest BCUT2D eigenvalue weighted by Crippen LogP contribution is -2.28. The third-order valence-electron chi connectivity index (χ3n) is 3.60. The Bertz CT molecular complexity index is 405. The van der Waals surface area contributed by atoms with Gasteiger partial charge in [-0.2, -0.15) is 0 Å². The first kappa shape index (κ1) is 14.5. The van der Waals surface area contributed by atoms with Gasteiger partial charge in [0.15, 0.2) is 11.5 Å². The predicted octanol–water partition coefficient (Wildman–Crippen LogP) is 3.51. The van der Waals surface area contributed by atoms with Crippen LogP contribution in [0.2, 0.25) is 5.02 Å². The average Bonchev–Trinajstić information content (AvgIpc) is 2.94. The van der Waals surface area contributed by atoms with Gasteiger partial charge in [0.05, 0.1) is 7.11 Å². The molecule has 106 valence electrons. The number of nitrogens with one attached hydrogen (secondary N) is 1. The number of hydrogen-bond donors (Lipinski definition) is 1. The molecule has 0 aliphatic carbocycles. The molecule has 1 N–H and O–H groups in total. The molecule has 2 rings (SSSR count). The van der Waals surface area contributed by atoms with Gasteiger partial charge in [-0.05, 0) is 31.5 Å². The molecule has 3 nitrogen and oxygen atoms in total. The van der Waals surface area contributed by atoms with Crippen LogP contribution in [0.5, 0.6) is 11.5 Å². The van der Waals surface area contributed by atoms with Gasteiger partial charge in [-0.3, -0.25) is 0 Å². The van der Waals surface area contributed by atoms with Gasteiger partial charge in [-0.15, -0.1) is 0 Å². The quantitative estimate of drug-likeness (QED) is 0.867. The van der Waals surface area contributed by atoms with E-state index in [9.17, 15) is 0 Å². The molecule has 0 bridgehead atoms. The van der Waals surface area contributed by atoms with Crippen molar-refractivity contribution in [2.24, 2.45) is 5.92 Å². The summed E-state index contributed by atoms with van der Waals surface area (Å²) in [6.45, 7) is 4.32. The molecule has 1 fully saturated rings. The zero-order valence-electron chi connectivity index (χ0n) is 11.6. The maximum absolute atomic E-state index is 6.19. The zero-order valence-corrected chi connectivity index (χ0v) is 12.4. The van der Waals surface area contributed by atoms with E-state index in [1.165, 1.54) is 6.42 Å². The number of ether oxygens (including phenoxy) is 2. The number of halogens is 1. The first-order valence-electron chi connectivity index (χ1n) is 6.95. The number of benzene rings is 1. The first-order chi connectivity index (χ1) is 9.24. The Morgan fingerprint density at radius 2 is 2.26 bits per heavy atom. The normalized spacial score (nSPS) is 20.3. The van der Waals surface area contributed by atoms with Crippen LogP contribution >= 0.6 is 11.6 Å². The summed E-state index contributed by atoms with van der Waals surface area (Å²) >= 11 is 5.97. The fraction of sp³-hybridized carbons (Fsp3) is 0.600. The van der Waals surface area contributed by atoms with Crippen LogP contribution in [-0.2, 0) is 0 Å². The van der Waals surface area contributed by atoms with Crippen molar-refractivity contribution in [3.8, 4) is 11.5 Å². The van der Waals surface area contributed by atoms with E-state index in [-0.39, 0.29) is 6.10 Å². The van der Waals surface area contributed by atoms with E-state index in [1.807, 2.05) is 12.1 Å². The van der Waals surface area contributed by atoms with E-state index in [0.717, 1.165) is 31.7 Å². The van der Waals surface area contributed by atoms with Crippen molar-refractivity contribution >= 4 is 11.6 Å². The Balaban J connectivity index is 2.11. The summed E-state index contributed by atoms with van der Waals surface area (Å²) < 4.78 is 11.5. The van der Waals surface area contributed by atoms with Crippen LogP contribution in [0.25, 0.3) is 0 Å². The van der Waals surface area contributed by atoms with Gasteiger partial charge in [0, 0.05) is 23.6 Å². The van der Waals surface area contributed by atoms with Gasteiger partial charge in [0.1, 0.15) is 6.10 Å². The molecule has 1 saturated heterocycles. The van der Waals surface area contributed by atoms with Crippen LogP contribution in [-0.4, -0.2) is 26.3 Å². The Kier molecular flexibility index (Phi) is 5.34. The summed E-state index contributed by atoms with van der Waals surface area (Å²) in [7, 11) is 1.64. The molecular formula is C15H22ClNO2. The third-order valence-corrected chi connectivity index (χ3v) is 3.84. The van der Waals surface area contributed by atoms with Crippen molar-refractivity contribution in [1.82, 2.24) is 5.32 Å². The van der Waals surface area contributed by atoms with Gasteiger partial charge >= 0.3 is 0 Å². The smallest absolute Gasteiger partial charge is 0.162 e. The van der Waals surface area contributed by atoms with Crippen LogP contribution < -0.4 is 14.8 Å². The molecule has 1 aliphatic heterocycles. The molecule has 0 radical (unpaired) electrons. The molecule has 0 saturated carbocycles. The van der Waals surface area contributed by atoms with Crippen LogP contribution in [0, 0.1) is 5.92 Å². The second-order valence-corrected chi connectivity index (χ2v) is 5.43. The fourth-order valence-electron chi connectivity index (χ4n) is 2.57. The lowest BCUT2D eigenvalue weighted by molar-refractivity contribution is 0.128. The highest BCUT2D eigenvalue weighted by molar-refractivity contribution is 6.30. The minimum Gasteiger partial charge on any atom is -0.493 e. The molecule has 2 atom stereocenters. The fourth-order valence-corrected chi connectivity index (χ4v) is 2.73. The number of hydrogen-bond acceptors (Lipinski definition) is 3. The first-order valence-corrected chi connectivity index (χ1v) is 7.33. The Morgan fingerprint density at radius 1 is 1.42 bits per heavy atom. The molecule has 0 amide bonds. The van der Waals surface area contributed by atoms with E-state index in [1.54, 1.807) is 13.2 Å². The summed E-state index contributed by atoms with van der Waals surface area (Å²) in [5.41, 5.74) is 0. The molecule has 0 spiro atoms. The number of rotatable bonds is 6. The molecule has 4 heteroatoms. The standard InChI is InChI=1S/C15H22ClNO2/c1-3-4-13(11-7-8-17-10-11)19-14-6-5-12(16)9-15(14)18-2/h5-6,9,11,13,17H,3-4,7-8,10H2,1-2H3/t11?,13-/m0/s1. The Hall–Kier alpha value is -0.930. The van der Waals surface area contributed by atoms with E-state index < -0.39 is 0 Å². The topological polar surface area (TPSA) is 30.5 Å². The summed E-state index contributed by atoms with van der Waals surface area (Å²) in [5.74, 6) is 2.08. The van der Waals surface area contributed by atoms with E-state index in [2.05, 4.69) is 12.2 Å². The second kappa shape index (κ2) is 7.01. The molecule has 1 aromatic carbocycles. The highest BCUT2D eigenvalue weighted by Crippen LogP contribution is 2.33. The van der Waals surface area contributed by atoms with Crippen LogP contribution in [0.3, 0.4) is 0 Å². The summed E-state index contributed by atoms with van der Waals surface area (Å²) in [5, 5.41) is 4.07. The second-order valence-electron chi connectivity index (χ2n) is 4.99. The predicted molar refractivity (Wildman–Crippen MR) is 78.3 cm³/mol. The summed E-state index contributed by atoms with van der Waals surface area (Å²) in [6, 6.07) is 5.54. The maximum atomic E-state index is 6.19. The van der Waals surface area contributed by atoms with Crippen molar-refractivity contribution in [2.45, 2.75) is 32.3 Å². The largest absolute Gasteiger partial charge is 0.493 e. The summed E-state index contributed by atoms with van der Waals surface area (Å²) in [6.07, 6.45) is 3.62. The van der Waals surface area contributed by atoms with E-state index in [4.69, 9.17) is 21.1 Å². The molecular weight excluding hydrogens is 262 g/mol. The highest BCUT2D eigenvalue weighted by Gasteiger charge is 2.26. The summed E-state index contributed by atoms with van der Waals surface area (Å²) in [4.78, 5) is 0. The molecule has 19 heavy (non-hydrogen) atoms. The lowest BCUT2D eigenvalue weighted by Gasteiger charge is -2.25. The lowest BCUT2D eigenvalue weighted by atomic mass is 9.97. The van der Waals surface area contributed by atoms with E-state index >= 15 is 0 Å². The average molecular weight is 284 g/mol. The van der Waals surface area contributed by atoms with Crippen LogP contribution in [0.4, 0.5) is 0 Å². The minimum atomic E-state index is 0.245. The van der Waals surface area contributed by atoms with Gasteiger partial charge < -0.3 is 14.8 Å². The Labute approximate surface area is 120 Å². The monoisotopic (exact) mass is 283 g/mol. The third kappa shape index (κ3) is 3.77. The van der Waals surface area contributed by atoms with Gasteiger partial charge in [-0.1, -0.05) is 24.9 Å². The van der Waals surface area contributed by atoms with Crippen molar-refractivity contribution in [3.63, 3.8) is 0 Å². The minimum absolute atomic E-state index is 0.245. The van der Waals surface area contributed by atoms with Crippen LogP contribution in [0.1, 0.15) is 26.2 Å². The zero-order chi connectivity index (χ0) is 13.7. The molecule has 1 aliphatic rings. The SMILES string of the molecule is CCC[C@H](Oc1ccc(Cl)cc1OC)C1CCNC1. The van der Waals surface area contributed by atoms with Crippen molar-refractivity contribution in [1.29, 1.82) is 0 Å². The molecule has 0 aromatic heterocycles. The molecule has 1 aromatic rings. The van der Waals surface area contributed by atoms with E-state index in [0.29, 0.717) is 16.7 Å². The van der Waals surface area contributed by atoms with Gasteiger partial charge in [0.25, 0.3) is 0 Å². The van der Waals surface area contributed by atoms with Crippen LogP contribution in [0.15, 0.2) is 18.2 Å². The maximum Gasteiger partial charge on any atom is 0.162 e. The molecule has 1 heterocycles. The van der Waals surface area contributed by atoms with Crippen molar-refractivity contribution < 1.29 is 9.47 Å².